The number of methoxy groups -OCH3 is 3. The number of carbonyl (C=O) groups excluding carboxylic acids is 1. The number of hydrogen-bond acceptors (Lipinski definition) is 10. The third-order valence-electron chi connectivity index (χ3n) is 5.73. The molecule has 0 saturated carbocycles. The number of non-ortho nitro benzene ring substituents is 1. The molecular weight excluding hydrogens is 713 g/mol. The van der Waals surface area contributed by atoms with Crippen LogP contribution in [0.3, 0.4) is 0 Å². The zero-order valence-electron chi connectivity index (χ0n) is 25.4. The first kappa shape index (κ1) is 46.9. The molecule has 1 heterocycles. The lowest BCUT2D eigenvalue weighted by Gasteiger charge is -2.00. The Bertz CT molecular complexity index is 1850. The van der Waals surface area contributed by atoms with Gasteiger partial charge in [-0.1, -0.05) is 93.5 Å². The normalized spacial score (nSPS) is 9.53. The maximum atomic E-state index is 11.3. The van der Waals surface area contributed by atoms with E-state index in [4.69, 9.17) is 32.7 Å². The number of fused-ring (bicyclic) bond motifs is 1. The topological polar surface area (TPSA) is 131 Å². The van der Waals surface area contributed by atoms with Gasteiger partial charge in [-0.15, -0.1) is 11.3 Å². The fourth-order valence-corrected chi connectivity index (χ4v) is 5.63. The fraction of sp³-hybridized carbons (Fsp3) is 0.229. The van der Waals surface area contributed by atoms with Crippen LogP contribution in [-0.2, 0) is 19.0 Å². The molecule has 5 rings (SSSR count). The Morgan fingerprint density at radius 1 is 0.776 bits per heavy atom. The predicted molar refractivity (Wildman–Crippen MR) is 201 cm³/mol. The Labute approximate surface area is 303 Å². The first-order valence-corrected chi connectivity index (χ1v) is 16.1. The van der Waals surface area contributed by atoms with Crippen molar-refractivity contribution in [2.75, 3.05) is 28.4 Å². The van der Waals surface area contributed by atoms with Crippen LogP contribution >= 0.6 is 34.5 Å². The number of hydrogen-bond donors (Lipinski definition) is 0. The van der Waals surface area contributed by atoms with Gasteiger partial charge in [0, 0.05) is 21.2 Å². The van der Waals surface area contributed by atoms with Gasteiger partial charge in [0.1, 0.15) is 16.4 Å². The number of nitro benzene ring substituents is 1. The molecule has 10 nitrogen and oxygen atoms in total. The van der Waals surface area contributed by atoms with Crippen LogP contribution in [0.4, 0.5) is 5.69 Å². The van der Waals surface area contributed by atoms with Crippen LogP contribution in [0.25, 0.3) is 10.1 Å². The van der Waals surface area contributed by atoms with Crippen molar-refractivity contribution in [1.29, 1.82) is 0 Å². The Morgan fingerprint density at radius 3 is 1.80 bits per heavy atom. The number of thiophene rings is 1. The second-order valence-electron chi connectivity index (χ2n) is 8.79. The molecule has 0 radical (unpaired) electrons. The molecule has 5 aromatic rings. The van der Waals surface area contributed by atoms with E-state index in [1.165, 1.54) is 49.8 Å². The second-order valence-corrected chi connectivity index (χ2v) is 12.4. The molecule has 0 unspecified atom stereocenters. The number of rotatable bonds is 6. The molecule has 0 fully saturated rings. The lowest BCUT2D eigenvalue weighted by atomic mass is 10.2. The molecule has 49 heavy (non-hydrogen) atoms. The van der Waals surface area contributed by atoms with Gasteiger partial charge in [0.2, 0.25) is 0 Å². The van der Waals surface area contributed by atoms with Crippen molar-refractivity contribution in [2.45, 2.75) is 34.1 Å². The lowest BCUT2D eigenvalue weighted by molar-refractivity contribution is -0.384. The number of nitro groups is 1. The van der Waals surface area contributed by atoms with Gasteiger partial charge in [-0.25, -0.2) is 4.79 Å². The summed E-state index contributed by atoms with van der Waals surface area (Å²) >= 11 is 13.0. The quantitative estimate of drug-likeness (QED) is 0.0719. The number of esters is 1. The van der Waals surface area contributed by atoms with E-state index >= 15 is 0 Å². The van der Waals surface area contributed by atoms with Gasteiger partial charge in [-0.05, 0) is 49.4 Å². The number of ether oxygens (including phenoxy) is 3. The van der Waals surface area contributed by atoms with Gasteiger partial charge in [0.05, 0.1) is 49.3 Å². The summed E-state index contributed by atoms with van der Waals surface area (Å²) in [5.41, 5.74) is 1.06. The SMILES string of the molecule is C.C.C.COC(=O)c1sc2ccccc2c1Cl.COS(=O)(=O)c1ccc(C)cc1.COc1cccc(Cl)c1.COc1cccc([N+](=O)[O-])c1. The van der Waals surface area contributed by atoms with E-state index in [0.717, 1.165) is 28.5 Å². The molecule has 0 aliphatic rings. The molecule has 0 spiro atoms. The van der Waals surface area contributed by atoms with Crippen LogP contribution < -0.4 is 9.47 Å². The third-order valence-corrected chi connectivity index (χ3v) is 8.91. The first-order valence-electron chi connectivity index (χ1n) is 13.1. The van der Waals surface area contributed by atoms with Crippen LogP contribution in [0.5, 0.6) is 11.5 Å². The van der Waals surface area contributed by atoms with Gasteiger partial charge in [0.15, 0.2) is 0 Å². The van der Waals surface area contributed by atoms with Crippen molar-refractivity contribution in [2.24, 2.45) is 0 Å². The summed E-state index contributed by atoms with van der Waals surface area (Å²) in [6.45, 7) is 1.89. The maximum absolute atomic E-state index is 11.3. The van der Waals surface area contributed by atoms with Gasteiger partial charge >= 0.3 is 5.97 Å². The van der Waals surface area contributed by atoms with Crippen molar-refractivity contribution in [3.05, 3.63) is 128 Å². The molecule has 0 N–H and O–H groups in total. The molecule has 0 amide bonds. The fourth-order valence-electron chi connectivity index (χ4n) is 3.36. The molecule has 0 atom stereocenters. The van der Waals surface area contributed by atoms with Crippen LogP contribution in [0.15, 0.2) is 102 Å². The minimum absolute atomic E-state index is 0. The summed E-state index contributed by atoms with van der Waals surface area (Å²) in [5, 5.41) is 12.3. The predicted octanol–water partition coefficient (Wildman–Crippen LogP) is 10.5. The summed E-state index contributed by atoms with van der Waals surface area (Å²) < 4.78 is 41.9. The Balaban J connectivity index is 0. The average Bonchev–Trinajstić information content (AvgIpc) is 3.41. The highest BCUT2D eigenvalue weighted by molar-refractivity contribution is 7.86. The molecule has 0 aliphatic carbocycles. The van der Waals surface area contributed by atoms with Gasteiger partial charge < -0.3 is 14.2 Å². The summed E-state index contributed by atoms with van der Waals surface area (Å²) in [6, 6.07) is 27.4. The summed E-state index contributed by atoms with van der Waals surface area (Å²) in [4.78, 5) is 21.7. The van der Waals surface area contributed by atoms with E-state index < -0.39 is 15.0 Å². The molecule has 1 aromatic heterocycles. The van der Waals surface area contributed by atoms with E-state index in [2.05, 4.69) is 8.92 Å². The highest BCUT2D eigenvalue weighted by atomic mass is 35.5. The standard InChI is InChI=1S/C10H7ClO2S.C8H10O3S.C7H7ClO.C7H7NO3.3CH4/c1-13-10(12)9-8(11)6-4-2-3-5-7(6)14-9;1-7-3-5-8(6-4-7)12(9,10)11-2;1-9-7-4-2-3-6(8)5-7;1-11-7-4-2-3-6(5-7)8(9)10;;;/h2-5H,1H3;3-6H,1-2H3;2-5H,1H3;2-5H,1H3;3*1H4. The van der Waals surface area contributed by atoms with Crippen molar-refractivity contribution >= 4 is 66.4 Å². The lowest BCUT2D eigenvalue weighted by Crippen LogP contribution is -2.02. The van der Waals surface area contributed by atoms with Crippen LogP contribution in [0.1, 0.15) is 37.5 Å². The Kier molecular flexibility index (Phi) is 22.2. The van der Waals surface area contributed by atoms with E-state index in [0.29, 0.717) is 20.7 Å². The third kappa shape index (κ3) is 14.8. The molecule has 0 saturated heterocycles. The molecular formula is C35H43Cl2NO9S2. The number of aryl methyl sites for hydroxylation is 1. The Hall–Kier alpha value is -4.20. The summed E-state index contributed by atoms with van der Waals surface area (Å²) in [7, 11) is 2.07. The number of benzene rings is 4. The number of halogens is 2. The van der Waals surface area contributed by atoms with Crippen LogP contribution in [0, 0.1) is 17.0 Å². The molecule has 0 bridgehead atoms. The minimum atomic E-state index is -3.51. The van der Waals surface area contributed by atoms with Gasteiger partial charge in [-0.2, -0.15) is 8.42 Å². The van der Waals surface area contributed by atoms with E-state index in [9.17, 15) is 23.3 Å². The molecule has 0 aliphatic heterocycles. The van der Waals surface area contributed by atoms with E-state index in [-0.39, 0.29) is 38.8 Å². The van der Waals surface area contributed by atoms with E-state index in [1.807, 2.05) is 49.4 Å². The number of carbonyl (C=O) groups is 1. The largest absolute Gasteiger partial charge is 0.497 e. The van der Waals surface area contributed by atoms with Crippen molar-refractivity contribution in [1.82, 2.24) is 0 Å². The highest BCUT2D eigenvalue weighted by Crippen LogP contribution is 2.35. The zero-order valence-corrected chi connectivity index (χ0v) is 28.6. The molecule has 14 heteroatoms. The van der Waals surface area contributed by atoms with Gasteiger partial charge in [-0.3, -0.25) is 14.3 Å². The van der Waals surface area contributed by atoms with Crippen molar-refractivity contribution in [3.63, 3.8) is 0 Å². The Morgan fingerprint density at radius 2 is 1.33 bits per heavy atom. The zero-order chi connectivity index (χ0) is 34.3. The summed E-state index contributed by atoms with van der Waals surface area (Å²) in [5.74, 6) is 0.915. The minimum Gasteiger partial charge on any atom is -0.497 e. The molecule has 268 valence electrons. The molecule has 4 aromatic carbocycles. The van der Waals surface area contributed by atoms with E-state index in [1.54, 1.807) is 37.4 Å². The summed E-state index contributed by atoms with van der Waals surface area (Å²) in [6.07, 6.45) is 0. The van der Waals surface area contributed by atoms with Gasteiger partial charge in [0.25, 0.3) is 15.8 Å². The monoisotopic (exact) mass is 755 g/mol. The van der Waals surface area contributed by atoms with Crippen LogP contribution in [-0.4, -0.2) is 47.7 Å². The van der Waals surface area contributed by atoms with Crippen molar-refractivity contribution in [3.8, 4) is 11.5 Å². The maximum Gasteiger partial charge on any atom is 0.349 e. The van der Waals surface area contributed by atoms with Crippen molar-refractivity contribution < 1.29 is 36.5 Å². The smallest absolute Gasteiger partial charge is 0.349 e. The highest BCUT2D eigenvalue weighted by Gasteiger charge is 2.16. The second kappa shape index (κ2) is 23.2. The average molecular weight is 757 g/mol. The van der Waals surface area contributed by atoms with Crippen LogP contribution in [0.2, 0.25) is 10.0 Å². The first-order chi connectivity index (χ1) is 21.9. The number of nitrogens with zero attached hydrogens (tertiary/aromatic N) is 1.